The van der Waals surface area contributed by atoms with E-state index in [9.17, 15) is 0 Å². The van der Waals surface area contributed by atoms with Gasteiger partial charge in [0.05, 0.1) is 24.1 Å². The van der Waals surface area contributed by atoms with Crippen LogP contribution in [-0.2, 0) is 0 Å². The maximum Gasteiger partial charge on any atom is 0.119 e. The highest BCUT2D eigenvalue weighted by molar-refractivity contribution is 5.34. The molecular weight excluding hydrogens is 164 g/mol. The van der Waals surface area contributed by atoms with Crippen molar-refractivity contribution in [2.45, 2.75) is 6.42 Å². The molecule has 0 aliphatic rings. The van der Waals surface area contributed by atoms with Crippen molar-refractivity contribution in [3.63, 3.8) is 0 Å². The lowest BCUT2D eigenvalue weighted by Gasteiger charge is -2.01. The van der Waals surface area contributed by atoms with Crippen LogP contribution in [-0.4, -0.2) is 6.61 Å². The van der Waals surface area contributed by atoms with Gasteiger partial charge in [-0.25, -0.2) is 0 Å². The molecule has 0 radical (unpaired) electrons. The van der Waals surface area contributed by atoms with Crippen LogP contribution in [0.5, 0.6) is 5.75 Å². The SMILES string of the molecule is N#CCCOc1ccc(C#N)cc1. The smallest absolute Gasteiger partial charge is 0.119 e. The van der Waals surface area contributed by atoms with Crippen molar-refractivity contribution in [2.75, 3.05) is 6.61 Å². The summed E-state index contributed by atoms with van der Waals surface area (Å²) in [6, 6.07) is 10.8. The Morgan fingerprint density at radius 2 is 1.85 bits per heavy atom. The number of benzene rings is 1. The van der Waals surface area contributed by atoms with Crippen molar-refractivity contribution < 1.29 is 4.74 Å². The predicted octanol–water partition coefficient (Wildman–Crippen LogP) is 1.85. The molecule has 3 nitrogen and oxygen atoms in total. The molecule has 0 unspecified atom stereocenters. The summed E-state index contributed by atoms with van der Waals surface area (Å²) in [5, 5.41) is 16.8. The molecule has 3 heteroatoms. The van der Waals surface area contributed by atoms with E-state index in [0.717, 1.165) is 0 Å². The summed E-state index contributed by atoms with van der Waals surface area (Å²) in [7, 11) is 0. The Kier molecular flexibility index (Phi) is 3.35. The first-order valence-electron chi connectivity index (χ1n) is 3.86. The van der Waals surface area contributed by atoms with Crippen LogP contribution in [0.1, 0.15) is 12.0 Å². The topological polar surface area (TPSA) is 56.8 Å². The summed E-state index contributed by atoms with van der Waals surface area (Å²) < 4.78 is 5.21. The third kappa shape index (κ3) is 2.84. The van der Waals surface area contributed by atoms with Gasteiger partial charge in [-0.15, -0.1) is 0 Å². The van der Waals surface area contributed by atoms with Gasteiger partial charge in [-0.3, -0.25) is 0 Å². The van der Waals surface area contributed by atoms with E-state index in [-0.39, 0.29) is 0 Å². The van der Waals surface area contributed by atoms with Gasteiger partial charge in [-0.1, -0.05) is 0 Å². The van der Waals surface area contributed by atoms with E-state index < -0.39 is 0 Å². The Morgan fingerprint density at radius 3 is 2.38 bits per heavy atom. The van der Waals surface area contributed by atoms with Gasteiger partial charge in [0.25, 0.3) is 0 Å². The molecular formula is C10H8N2O. The van der Waals surface area contributed by atoms with Crippen molar-refractivity contribution in [2.24, 2.45) is 0 Å². The Hall–Kier alpha value is -2.00. The molecule has 0 spiro atoms. The van der Waals surface area contributed by atoms with Crippen LogP contribution < -0.4 is 4.74 Å². The first-order valence-corrected chi connectivity index (χ1v) is 3.86. The highest BCUT2D eigenvalue weighted by Gasteiger charge is 1.93. The van der Waals surface area contributed by atoms with Gasteiger partial charge in [0.2, 0.25) is 0 Å². The predicted molar refractivity (Wildman–Crippen MR) is 46.9 cm³/mol. The van der Waals surface area contributed by atoms with Crippen LogP contribution in [0.3, 0.4) is 0 Å². The van der Waals surface area contributed by atoms with Crippen LogP contribution in [0, 0.1) is 22.7 Å². The molecule has 0 fully saturated rings. The number of rotatable bonds is 3. The lowest BCUT2D eigenvalue weighted by molar-refractivity contribution is 0.326. The van der Waals surface area contributed by atoms with E-state index in [1.807, 2.05) is 12.1 Å². The molecule has 1 aromatic rings. The van der Waals surface area contributed by atoms with Gasteiger partial charge >= 0.3 is 0 Å². The zero-order valence-electron chi connectivity index (χ0n) is 7.03. The number of ether oxygens (including phenoxy) is 1. The third-order valence-corrected chi connectivity index (χ3v) is 1.47. The highest BCUT2D eigenvalue weighted by atomic mass is 16.5. The molecule has 0 saturated carbocycles. The lowest BCUT2D eigenvalue weighted by atomic mass is 10.2. The molecule has 13 heavy (non-hydrogen) atoms. The number of hydrogen-bond acceptors (Lipinski definition) is 3. The van der Waals surface area contributed by atoms with Crippen LogP contribution in [0.15, 0.2) is 24.3 Å². The zero-order chi connectivity index (χ0) is 9.52. The minimum absolute atomic E-state index is 0.375. The van der Waals surface area contributed by atoms with Gasteiger partial charge < -0.3 is 4.74 Å². The first-order chi connectivity index (χ1) is 6.36. The van der Waals surface area contributed by atoms with E-state index in [1.165, 1.54) is 0 Å². The molecule has 0 aliphatic heterocycles. The van der Waals surface area contributed by atoms with Crippen LogP contribution in [0.2, 0.25) is 0 Å². The molecule has 1 rings (SSSR count). The maximum atomic E-state index is 8.51. The first kappa shape index (κ1) is 9.09. The van der Waals surface area contributed by atoms with Crippen molar-refractivity contribution >= 4 is 0 Å². The minimum atomic E-state index is 0.375. The summed E-state index contributed by atoms with van der Waals surface area (Å²) in [6.07, 6.45) is 0.375. The van der Waals surface area contributed by atoms with Gasteiger partial charge in [0.15, 0.2) is 0 Å². The Balaban J connectivity index is 2.52. The summed E-state index contributed by atoms with van der Waals surface area (Å²) in [6.45, 7) is 0.391. The van der Waals surface area contributed by atoms with Crippen molar-refractivity contribution in [1.29, 1.82) is 10.5 Å². The normalized spacial score (nSPS) is 8.46. The molecule has 0 bridgehead atoms. The number of hydrogen-bond donors (Lipinski definition) is 0. The van der Waals surface area contributed by atoms with Crippen molar-refractivity contribution in [3.05, 3.63) is 29.8 Å². The second-order valence-corrected chi connectivity index (χ2v) is 2.39. The van der Waals surface area contributed by atoms with Gasteiger partial charge in [0.1, 0.15) is 12.4 Å². The van der Waals surface area contributed by atoms with Crippen LogP contribution in [0.25, 0.3) is 0 Å². The average Bonchev–Trinajstić information content (AvgIpc) is 2.19. The molecule has 0 amide bonds. The molecule has 0 atom stereocenters. The Labute approximate surface area is 76.8 Å². The second kappa shape index (κ2) is 4.79. The van der Waals surface area contributed by atoms with E-state index in [4.69, 9.17) is 15.3 Å². The molecule has 0 heterocycles. The fourth-order valence-electron chi connectivity index (χ4n) is 0.840. The van der Waals surface area contributed by atoms with Gasteiger partial charge in [-0.05, 0) is 24.3 Å². The number of nitrogens with zero attached hydrogens (tertiary/aromatic N) is 2. The van der Waals surface area contributed by atoms with E-state index in [0.29, 0.717) is 24.3 Å². The monoisotopic (exact) mass is 172 g/mol. The largest absolute Gasteiger partial charge is 0.493 e. The lowest BCUT2D eigenvalue weighted by Crippen LogP contribution is -1.95. The Morgan fingerprint density at radius 1 is 1.15 bits per heavy atom. The highest BCUT2D eigenvalue weighted by Crippen LogP contribution is 2.11. The summed E-state index contributed by atoms with van der Waals surface area (Å²) in [5.74, 6) is 0.689. The van der Waals surface area contributed by atoms with E-state index >= 15 is 0 Å². The summed E-state index contributed by atoms with van der Waals surface area (Å²) in [4.78, 5) is 0. The molecule has 1 aromatic carbocycles. The summed E-state index contributed by atoms with van der Waals surface area (Å²) >= 11 is 0. The second-order valence-electron chi connectivity index (χ2n) is 2.39. The molecule has 0 N–H and O–H groups in total. The van der Waals surface area contributed by atoms with Crippen LogP contribution in [0.4, 0.5) is 0 Å². The fourth-order valence-corrected chi connectivity index (χ4v) is 0.840. The average molecular weight is 172 g/mol. The van der Waals surface area contributed by atoms with Crippen molar-refractivity contribution in [3.8, 4) is 17.9 Å². The molecule has 64 valence electrons. The quantitative estimate of drug-likeness (QED) is 0.654. The standard InChI is InChI=1S/C10H8N2O/c11-6-1-7-13-10-4-2-9(8-12)3-5-10/h2-5H,1,7H2. The molecule has 0 aromatic heterocycles. The fraction of sp³-hybridized carbons (Fsp3) is 0.200. The summed E-state index contributed by atoms with van der Waals surface area (Å²) in [5.41, 5.74) is 0.604. The molecule has 0 aliphatic carbocycles. The minimum Gasteiger partial charge on any atom is -0.493 e. The maximum absolute atomic E-state index is 8.51. The van der Waals surface area contributed by atoms with Crippen molar-refractivity contribution in [1.82, 2.24) is 0 Å². The van der Waals surface area contributed by atoms with Crippen LogP contribution >= 0.6 is 0 Å². The van der Waals surface area contributed by atoms with Gasteiger partial charge in [-0.2, -0.15) is 10.5 Å². The van der Waals surface area contributed by atoms with E-state index in [2.05, 4.69) is 0 Å². The van der Waals surface area contributed by atoms with E-state index in [1.54, 1.807) is 24.3 Å². The Bertz CT molecular complexity index is 343. The number of nitriles is 2. The zero-order valence-corrected chi connectivity index (χ0v) is 7.03. The third-order valence-electron chi connectivity index (χ3n) is 1.47. The molecule has 0 saturated heterocycles. The van der Waals surface area contributed by atoms with Gasteiger partial charge in [0, 0.05) is 0 Å².